The Kier molecular flexibility index (Phi) is 3.92. The first-order valence-electron chi connectivity index (χ1n) is 6.70. The van der Waals surface area contributed by atoms with Crippen molar-refractivity contribution in [3.8, 4) is 10.6 Å². The minimum Gasteiger partial charge on any atom is -0.395 e. The number of hydrogen-bond donors (Lipinski definition) is 1. The van der Waals surface area contributed by atoms with Gasteiger partial charge >= 0.3 is 0 Å². The van der Waals surface area contributed by atoms with Gasteiger partial charge in [-0.1, -0.05) is 18.2 Å². The standard InChI is InChI=1S/C15H18N2OS/c18-11-14-5-2-7-17(14)10-12-3-1-4-13(9-12)15-16-6-8-19-15/h1,3-4,6,8-9,14,18H,2,5,7,10-11H2/t14-/m0/s1. The molecule has 0 unspecified atom stereocenters. The van der Waals surface area contributed by atoms with Crippen LogP contribution in [0.15, 0.2) is 35.8 Å². The van der Waals surface area contributed by atoms with Gasteiger partial charge in [-0.3, -0.25) is 4.90 Å². The summed E-state index contributed by atoms with van der Waals surface area (Å²) in [6, 6.07) is 8.91. The highest BCUT2D eigenvalue weighted by atomic mass is 32.1. The molecule has 0 saturated carbocycles. The molecule has 0 amide bonds. The molecule has 1 atom stereocenters. The summed E-state index contributed by atoms with van der Waals surface area (Å²) in [6.45, 7) is 2.28. The van der Waals surface area contributed by atoms with Crippen molar-refractivity contribution in [2.24, 2.45) is 0 Å². The first kappa shape index (κ1) is 12.8. The second-order valence-corrected chi connectivity index (χ2v) is 5.88. The van der Waals surface area contributed by atoms with Crippen molar-refractivity contribution in [3.05, 3.63) is 41.4 Å². The van der Waals surface area contributed by atoms with Crippen molar-refractivity contribution in [1.82, 2.24) is 9.88 Å². The van der Waals surface area contributed by atoms with Crippen LogP contribution in [0.4, 0.5) is 0 Å². The zero-order valence-corrected chi connectivity index (χ0v) is 11.6. The van der Waals surface area contributed by atoms with E-state index in [9.17, 15) is 5.11 Å². The van der Waals surface area contributed by atoms with Crippen LogP contribution in [0.5, 0.6) is 0 Å². The molecule has 4 heteroatoms. The molecule has 1 aromatic carbocycles. The first-order chi connectivity index (χ1) is 9.36. The molecule has 2 heterocycles. The van der Waals surface area contributed by atoms with Gasteiger partial charge in [0.15, 0.2) is 0 Å². The van der Waals surface area contributed by atoms with Crippen LogP contribution >= 0.6 is 11.3 Å². The monoisotopic (exact) mass is 274 g/mol. The molecule has 1 saturated heterocycles. The predicted octanol–water partition coefficient (Wildman–Crippen LogP) is 2.77. The van der Waals surface area contributed by atoms with E-state index >= 15 is 0 Å². The van der Waals surface area contributed by atoms with Crippen LogP contribution < -0.4 is 0 Å². The van der Waals surface area contributed by atoms with Gasteiger partial charge in [-0.05, 0) is 31.0 Å². The Hall–Kier alpha value is -1.23. The van der Waals surface area contributed by atoms with Gasteiger partial charge in [0.05, 0.1) is 6.61 Å². The SMILES string of the molecule is OC[C@@H]1CCCN1Cc1cccc(-c2nccs2)c1. The maximum Gasteiger partial charge on any atom is 0.123 e. The van der Waals surface area contributed by atoms with Crippen molar-refractivity contribution in [1.29, 1.82) is 0 Å². The third-order valence-corrected chi connectivity index (χ3v) is 4.52. The fourth-order valence-electron chi connectivity index (χ4n) is 2.71. The topological polar surface area (TPSA) is 36.4 Å². The van der Waals surface area contributed by atoms with E-state index in [1.54, 1.807) is 11.3 Å². The Labute approximate surface area is 117 Å². The van der Waals surface area contributed by atoms with E-state index in [2.05, 4.69) is 34.1 Å². The summed E-state index contributed by atoms with van der Waals surface area (Å²) in [6.07, 6.45) is 4.15. The Morgan fingerprint density at radius 3 is 3.16 bits per heavy atom. The third-order valence-electron chi connectivity index (χ3n) is 3.70. The summed E-state index contributed by atoms with van der Waals surface area (Å²) in [5, 5.41) is 12.4. The second kappa shape index (κ2) is 5.82. The number of hydrogen-bond acceptors (Lipinski definition) is 4. The highest BCUT2D eigenvalue weighted by molar-refractivity contribution is 7.13. The van der Waals surface area contributed by atoms with E-state index in [-0.39, 0.29) is 6.61 Å². The number of nitrogens with zero attached hydrogens (tertiary/aromatic N) is 2. The molecular weight excluding hydrogens is 256 g/mol. The molecular formula is C15H18N2OS. The van der Waals surface area contributed by atoms with Gasteiger partial charge in [-0.25, -0.2) is 4.98 Å². The Morgan fingerprint density at radius 1 is 1.42 bits per heavy atom. The summed E-state index contributed by atoms with van der Waals surface area (Å²) < 4.78 is 0. The summed E-state index contributed by atoms with van der Waals surface area (Å²) >= 11 is 1.67. The van der Waals surface area contributed by atoms with Gasteiger partial charge in [0.2, 0.25) is 0 Å². The molecule has 1 aliphatic heterocycles. The lowest BCUT2D eigenvalue weighted by atomic mass is 10.1. The maximum atomic E-state index is 9.37. The quantitative estimate of drug-likeness (QED) is 0.931. The molecule has 100 valence electrons. The Bertz CT molecular complexity index is 527. The summed E-state index contributed by atoms with van der Waals surface area (Å²) in [5.74, 6) is 0. The third kappa shape index (κ3) is 2.86. The van der Waals surface area contributed by atoms with Crippen LogP contribution in [-0.4, -0.2) is 34.2 Å². The van der Waals surface area contributed by atoms with Gasteiger partial charge in [-0.2, -0.15) is 0 Å². The maximum absolute atomic E-state index is 9.37. The van der Waals surface area contributed by atoms with E-state index in [1.807, 2.05) is 11.6 Å². The number of aliphatic hydroxyl groups excluding tert-OH is 1. The normalized spacial score (nSPS) is 19.9. The van der Waals surface area contributed by atoms with Gasteiger partial charge in [0.25, 0.3) is 0 Å². The highest BCUT2D eigenvalue weighted by Crippen LogP contribution is 2.25. The smallest absolute Gasteiger partial charge is 0.123 e. The van der Waals surface area contributed by atoms with E-state index in [1.165, 1.54) is 17.5 Å². The van der Waals surface area contributed by atoms with Crippen molar-refractivity contribution in [2.75, 3.05) is 13.2 Å². The Morgan fingerprint density at radius 2 is 2.37 bits per heavy atom. The molecule has 19 heavy (non-hydrogen) atoms. The summed E-state index contributed by atoms with van der Waals surface area (Å²) in [7, 11) is 0. The van der Waals surface area contributed by atoms with Crippen LogP contribution in [0.3, 0.4) is 0 Å². The lowest BCUT2D eigenvalue weighted by Gasteiger charge is -2.22. The first-order valence-corrected chi connectivity index (χ1v) is 7.58. The lowest BCUT2D eigenvalue weighted by molar-refractivity contribution is 0.153. The largest absolute Gasteiger partial charge is 0.395 e. The molecule has 3 nitrogen and oxygen atoms in total. The average molecular weight is 274 g/mol. The zero-order chi connectivity index (χ0) is 13.1. The van der Waals surface area contributed by atoms with Gasteiger partial charge in [0.1, 0.15) is 5.01 Å². The molecule has 3 rings (SSSR count). The number of aromatic nitrogens is 1. The fraction of sp³-hybridized carbons (Fsp3) is 0.400. The number of thiazole rings is 1. The van der Waals surface area contributed by atoms with E-state index in [0.717, 1.165) is 24.5 Å². The fourth-order valence-corrected chi connectivity index (χ4v) is 3.35. The van der Waals surface area contributed by atoms with Crippen LogP contribution in [0.25, 0.3) is 10.6 Å². The van der Waals surface area contributed by atoms with Gasteiger partial charge in [-0.15, -0.1) is 11.3 Å². The molecule has 1 N–H and O–H groups in total. The van der Waals surface area contributed by atoms with Crippen molar-refractivity contribution in [2.45, 2.75) is 25.4 Å². The van der Waals surface area contributed by atoms with Crippen LogP contribution in [0.1, 0.15) is 18.4 Å². The van der Waals surface area contributed by atoms with Crippen LogP contribution in [0, 0.1) is 0 Å². The van der Waals surface area contributed by atoms with Crippen LogP contribution in [0.2, 0.25) is 0 Å². The molecule has 1 aromatic heterocycles. The van der Waals surface area contributed by atoms with Gasteiger partial charge in [0, 0.05) is 29.7 Å². The number of rotatable bonds is 4. The van der Waals surface area contributed by atoms with Crippen LogP contribution in [-0.2, 0) is 6.54 Å². The Balaban J connectivity index is 1.76. The van der Waals surface area contributed by atoms with Crippen molar-refractivity contribution >= 4 is 11.3 Å². The van der Waals surface area contributed by atoms with E-state index < -0.39 is 0 Å². The lowest BCUT2D eigenvalue weighted by Crippen LogP contribution is -2.31. The van der Waals surface area contributed by atoms with Crippen molar-refractivity contribution in [3.63, 3.8) is 0 Å². The van der Waals surface area contributed by atoms with E-state index in [0.29, 0.717) is 6.04 Å². The zero-order valence-electron chi connectivity index (χ0n) is 10.8. The highest BCUT2D eigenvalue weighted by Gasteiger charge is 2.23. The minimum absolute atomic E-state index is 0.270. The molecule has 1 aliphatic rings. The molecule has 1 fully saturated rings. The minimum atomic E-state index is 0.270. The summed E-state index contributed by atoms with van der Waals surface area (Å²) in [4.78, 5) is 6.73. The van der Waals surface area contributed by atoms with Gasteiger partial charge < -0.3 is 5.11 Å². The number of aliphatic hydroxyl groups is 1. The molecule has 0 spiro atoms. The average Bonchev–Trinajstić information content (AvgIpc) is 3.10. The molecule has 0 bridgehead atoms. The van der Waals surface area contributed by atoms with Crippen molar-refractivity contribution < 1.29 is 5.11 Å². The second-order valence-electron chi connectivity index (χ2n) is 4.99. The number of likely N-dealkylation sites (tertiary alicyclic amines) is 1. The molecule has 0 aliphatic carbocycles. The van der Waals surface area contributed by atoms with E-state index in [4.69, 9.17) is 0 Å². The predicted molar refractivity (Wildman–Crippen MR) is 78.1 cm³/mol. The summed E-state index contributed by atoms with van der Waals surface area (Å²) in [5.41, 5.74) is 2.49. The molecule has 0 radical (unpaired) electrons. The molecule has 2 aromatic rings. The number of benzene rings is 1.